The van der Waals surface area contributed by atoms with Gasteiger partial charge in [0.25, 0.3) is 0 Å². The van der Waals surface area contributed by atoms with Crippen molar-refractivity contribution in [3.05, 3.63) is 29.8 Å². The molecule has 0 saturated carbocycles. The number of benzene rings is 1. The van der Waals surface area contributed by atoms with Gasteiger partial charge in [-0.05, 0) is 37.4 Å². The summed E-state index contributed by atoms with van der Waals surface area (Å²) in [5.41, 5.74) is 1.19. The molecule has 23 heavy (non-hydrogen) atoms. The maximum atomic E-state index is 12.3. The van der Waals surface area contributed by atoms with Crippen molar-refractivity contribution in [3.63, 3.8) is 0 Å². The van der Waals surface area contributed by atoms with Crippen molar-refractivity contribution in [3.8, 4) is 5.75 Å². The third kappa shape index (κ3) is 4.75. The fourth-order valence-corrected chi connectivity index (χ4v) is 3.48. The molecular formula is C16H22ClF3N2O. The van der Waals surface area contributed by atoms with Crippen LogP contribution in [-0.2, 0) is 6.54 Å². The van der Waals surface area contributed by atoms with Gasteiger partial charge in [-0.3, -0.25) is 4.90 Å². The lowest BCUT2D eigenvalue weighted by Crippen LogP contribution is -2.29. The predicted octanol–water partition coefficient (Wildman–Crippen LogP) is 3.23. The van der Waals surface area contributed by atoms with Crippen molar-refractivity contribution < 1.29 is 17.9 Å². The number of rotatable bonds is 4. The molecule has 1 N–H and O–H groups in total. The lowest BCUT2D eigenvalue weighted by molar-refractivity contribution is -0.153. The maximum Gasteiger partial charge on any atom is 0.422 e. The van der Waals surface area contributed by atoms with Crippen LogP contribution in [-0.4, -0.2) is 43.9 Å². The topological polar surface area (TPSA) is 24.5 Å². The fraction of sp³-hybridized carbons (Fsp3) is 0.625. The van der Waals surface area contributed by atoms with E-state index in [1.807, 2.05) is 12.1 Å². The van der Waals surface area contributed by atoms with E-state index >= 15 is 0 Å². The lowest BCUT2D eigenvalue weighted by Gasteiger charge is -2.23. The van der Waals surface area contributed by atoms with E-state index in [9.17, 15) is 13.2 Å². The zero-order valence-corrected chi connectivity index (χ0v) is 13.7. The molecule has 0 amide bonds. The van der Waals surface area contributed by atoms with Crippen molar-refractivity contribution >= 4 is 12.4 Å². The summed E-state index contributed by atoms with van der Waals surface area (Å²) < 4.78 is 42.0. The normalized spacial score (nSPS) is 24.8. The number of hydrogen-bond donors (Lipinski definition) is 1. The van der Waals surface area contributed by atoms with Crippen LogP contribution in [0.2, 0.25) is 0 Å². The Morgan fingerprint density at radius 3 is 2.70 bits per heavy atom. The molecule has 3 rings (SSSR count). The minimum Gasteiger partial charge on any atom is -0.484 e. The quantitative estimate of drug-likeness (QED) is 0.902. The van der Waals surface area contributed by atoms with Gasteiger partial charge in [-0.2, -0.15) is 13.2 Å². The molecule has 7 heteroatoms. The molecule has 2 fully saturated rings. The first kappa shape index (κ1) is 18.4. The van der Waals surface area contributed by atoms with E-state index in [0.717, 1.165) is 38.2 Å². The number of ether oxygens (including phenoxy) is 1. The number of likely N-dealkylation sites (tertiary alicyclic amines) is 1. The highest BCUT2D eigenvalue weighted by Crippen LogP contribution is 2.37. The van der Waals surface area contributed by atoms with Gasteiger partial charge in [0.15, 0.2) is 6.61 Å². The van der Waals surface area contributed by atoms with Gasteiger partial charge < -0.3 is 10.1 Å². The molecule has 0 radical (unpaired) electrons. The number of alkyl halides is 3. The van der Waals surface area contributed by atoms with E-state index in [1.54, 1.807) is 12.1 Å². The first-order valence-electron chi connectivity index (χ1n) is 7.66. The van der Waals surface area contributed by atoms with Crippen LogP contribution < -0.4 is 10.1 Å². The maximum absolute atomic E-state index is 12.3. The SMILES string of the molecule is Cl.FC(F)(F)COc1ccccc1CN1CCC2(CCNC2)C1. The van der Waals surface area contributed by atoms with Crippen LogP contribution in [0.4, 0.5) is 13.2 Å². The second-order valence-corrected chi connectivity index (χ2v) is 6.40. The van der Waals surface area contributed by atoms with Gasteiger partial charge in [-0.15, -0.1) is 12.4 Å². The summed E-state index contributed by atoms with van der Waals surface area (Å²) in [5, 5.41) is 3.41. The molecular weight excluding hydrogens is 329 g/mol. The van der Waals surface area contributed by atoms with Gasteiger partial charge in [0.1, 0.15) is 5.75 Å². The summed E-state index contributed by atoms with van der Waals surface area (Å²) in [7, 11) is 0. The Kier molecular flexibility index (Phi) is 5.81. The van der Waals surface area contributed by atoms with Gasteiger partial charge in [0, 0.05) is 25.2 Å². The number of para-hydroxylation sites is 1. The molecule has 130 valence electrons. The van der Waals surface area contributed by atoms with Crippen molar-refractivity contribution in [2.24, 2.45) is 5.41 Å². The molecule has 1 aromatic rings. The Bertz CT molecular complexity index is 518. The fourth-order valence-electron chi connectivity index (χ4n) is 3.48. The molecule has 2 aliphatic rings. The monoisotopic (exact) mass is 350 g/mol. The van der Waals surface area contributed by atoms with Crippen LogP contribution in [0.5, 0.6) is 5.75 Å². The standard InChI is InChI=1S/C16H21F3N2O.ClH/c17-16(18,19)12-22-14-4-2-1-3-13(14)9-21-8-6-15(11-21)5-7-20-10-15;/h1-4,20H,5-12H2;1H. The highest BCUT2D eigenvalue weighted by molar-refractivity contribution is 5.85. The van der Waals surface area contributed by atoms with E-state index in [4.69, 9.17) is 4.74 Å². The number of nitrogens with one attached hydrogen (secondary N) is 1. The molecule has 3 nitrogen and oxygen atoms in total. The smallest absolute Gasteiger partial charge is 0.422 e. The highest BCUT2D eigenvalue weighted by Gasteiger charge is 2.40. The second kappa shape index (κ2) is 7.28. The third-order valence-electron chi connectivity index (χ3n) is 4.61. The summed E-state index contributed by atoms with van der Waals surface area (Å²) in [5.74, 6) is 0.338. The molecule has 2 aliphatic heterocycles. The predicted molar refractivity (Wildman–Crippen MR) is 85.1 cm³/mol. The van der Waals surface area contributed by atoms with Crippen LogP contribution in [0.3, 0.4) is 0 Å². The van der Waals surface area contributed by atoms with Crippen molar-refractivity contribution in [1.82, 2.24) is 10.2 Å². The molecule has 1 unspecified atom stereocenters. The molecule has 1 aromatic carbocycles. The summed E-state index contributed by atoms with van der Waals surface area (Å²) in [6.07, 6.45) is -1.96. The van der Waals surface area contributed by atoms with Gasteiger partial charge in [0.2, 0.25) is 0 Å². The Morgan fingerprint density at radius 2 is 2.00 bits per heavy atom. The zero-order valence-electron chi connectivity index (χ0n) is 12.9. The molecule has 1 spiro atoms. The zero-order chi connectivity index (χ0) is 15.6. The van der Waals surface area contributed by atoms with Crippen LogP contribution in [0.1, 0.15) is 18.4 Å². The Morgan fingerprint density at radius 1 is 1.22 bits per heavy atom. The number of nitrogens with zero attached hydrogens (tertiary/aromatic N) is 1. The molecule has 0 bridgehead atoms. The average molecular weight is 351 g/mol. The summed E-state index contributed by atoms with van der Waals surface area (Å²) in [4.78, 5) is 2.32. The van der Waals surface area contributed by atoms with Crippen LogP contribution >= 0.6 is 12.4 Å². The summed E-state index contributed by atoms with van der Waals surface area (Å²) in [6, 6.07) is 7.02. The van der Waals surface area contributed by atoms with E-state index < -0.39 is 12.8 Å². The molecule has 2 saturated heterocycles. The highest BCUT2D eigenvalue weighted by atomic mass is 35.5. The Labute approximate surface area is 140 Å². The molecule has 0 aliphatic carbocycles. The van der Waals surface area contributed by atoms with Crippen molar-refractivity contribution in [2.45, 2.75) is 25.6 Å². The largest absolute Gasteiger partial charge is 0.484 e. The lowest BCUT2D eigenvalue weighted by atomic mass is 9.86. The van der Waals surface area contributed by atoms with Crippen molar-refractivity contribution in [1.29, 1.82) is 0 Å². The molecule has 1 atom stereocenters. The average Bonchev–Trinajstić information content (AvgIpc) is 3.08. The first-order valence-corrected chi connectivity index (χ1v) is 7.66. The molecule has 2 heterocycles. The van der Waals surface area contributed by atoms with Crippen LogP contribution in [0, 0.1) is 5.41 Å². The van der Waals surface area contributed by atoms with Gasteiger partial charge in [0.05, 0.1) is 0 Å². The van der Waals surface area contributed by atoms with E-state index in [2.05, 4.69) is 10.2 Å². The van der Waals surface area contributed by atoms with Gasteiger partial charge in [-0.1, -0.05) is 18.2 Å². The Balaban J connectivity index is 0.00000192. The van der Waals surface area contributed by atoms with E-state index in [1.165, 1.54) is 6.42 Å². The van der Waals surface area contributed by atoms with Crippen molar-refractivity contribution in [2.75, 3.05) is 32.8 Å². The van der Waals surface area contributed by atoms with Gasteiger partial charge in [-0.25, -0.2) is 0 Å². The second-order valence-electron chi connectivity index (χ2n) is 6.40. The number of hydrogen-bond acceptors (Lipinski definition) is 3. The summed E-state index contributed by atoms with van der Waals surface area (Å²) in [6.45, 7) is 3.53. The van der Waals surface area contributed by atoms with E-state index in [-0.39, 0.29) is 12.4 Å². The van der Waals surface area contributed by atoms with E-state index in [0.29, 0.717) is 17.7 Å². The minimum atomic E-state index is -4.31. The van der Waals surface area contributed by atoms with Gasteiger partial charge >= 0.3 is 6.18 Å². The van der Waals surface area contributed by atoms with Crippen LogP contribution in [0.25, 0.3) is 0 Å². The minimum absolute atomic E-state index is 0. The third-order valence-corrected chi connectivity index (χ3v) is 4.61. The van der Waals surface area contributed by atoms with Crippen LogP contribution in [0.15, 0.2) is 24.3 Å². The number of halogens is 4. The Hall–Kier alpha value is -0.980. The first-order chi connectivity index (χ1) is 10.5. The summed E-state index contributed by atoms with van der Waals surface area (Å²) >= 11 is 0. The molecule has 0 aromatic heterocycles.